The molecule has 0 radical (unpaired) electrons. The molecule has 7 heterocycles. The summed E-state index contributed by atoms with van der Waals surface area (Å²) < 4.78 is 10.6. The second kappa shape index (κ2) is 37.2. The van der Waals surface area contributed by atoms with Crippen LogP contribution >= 0.6 is 0 Å². The third kappa shape index (κ3) is 24.6. The van der Waals surface area contributed by atoms with Crippen molar-refractivity contribution in [2.75, 3.05) is 6.79 Å². The van der Waals surface area contributed by atoms with Gasteiger partial charge in [0.25, 0.3) is 0 Å². The van der Waals surface area contributed by atoms with Gasteiger partial charge in [-0.1, -0.05) is 357 Å². The minimum absolute atomic E-state index is 0.129. The zero-order valence-electron chi connectivity index (χ0n) is 76.8. The number of nitrogens with zero attached hydrogens (tertiary/aromatic N) is 4. The predicted octanol–water partition coefficient (Wildman–Crippen LogP) is 29.6. The molecule has 0 bridgehead atoms. The van der Waals surface area contributed by atoms with Crippen LogP contribution in [-0.4, -0.2) is 43.1 Å². The molecular formula is C110H135N7O2. The quantitative estimate of drug-likeness (QED) is 0.140. The molecule has 0 saturated carbocycles. The summed E-state index contributed by atoms with van der Waals surface area (Å²) in [4.78, 5) is 19.9. The lowest BCUT2D eigenvalue weighted by Gasteiger charge is -2.22. The van der Waals surface area contributed by atoms with Crippen molar-refractivity contribution in [1.82, 2.24) is 30.1 Å². The zero-order valence-corrected chi connectivity index (χ0v) is 76.8. The first-order valence-corrected chi connectivity index (χ1v) is 42.6. The van der Waals surface area contributed by atoms with Crippen LogP contribution in [0.4, 0.5) is 0 Å². The Morgan fingerprint density at radius 3 is 1.50 bits per heavy atom. The number of rotatable bonds is 0. The van der Waals surface area contributed by atoms with Crippen molar-refractivity contribution >= 4 is 72.9 Å². The average molecular weight is 1590 g/mol. The first kappa shape index (κ1) is 90.4. The van der Waals surface area contributed by atoms with Crippen molar-refractivity contribution in [3.63, 3.8) is 0 Å². The molecule has 9 aromatic carbocycles. The molecule has 0 spiro atoms. The fraction of sp³-hybridized carbons (Fsp3) is 0.364. The van der Waals surface area contributed by atoms with Crippen molar-refractivity contribution in [3.8, 4) is 11.5 Å². The smallest absolute Gasteiger partial charge is 0.231 e. The van der Waals surface area contributed by atoms with Gasteiger partial charge in [0.1, 0.15) is 0 Å². The van der Waals surface area contributed by atoms with Gasteiger partial charge in [0.2, 0.25) is 6.79 Å². The number of hydrogen-bond acceptors (Lipinski definition) is 6. The van der Waals surface area contributed by atoms with E-state index in [0.717, 1.165) is 53.1 Å². The highest BCUT2D eigenvalue weighted by Gasteiger charge is 2.25. The zero-order chi connectivity index (χ0) is 86.7. The number of para-hydroxylation sites is 3. The van der Waals surface area contributed by atoms with Gasteiger partial charge in [-0.15, -0.1) is 0 Å². The Bertz CT molecular complexity index is 5650. The van der Waals surface area contributed by atoms with E-state index in [0.29, 0.717) is 6.79 Å². The molecule has 5 aromatic heterocycles. The van der Waals surface area contributed by atoms with Gasteiger partial charge >= 0.3 is 0 Å². The molecule has 622 valence electrons. The fourth-order valence-corrected chi connectivity index (χ4v) is 14.4. The Morgan fingerprint density at radius 1 is 0.345 bits per heavy atom. The Hall–Kier alpha value is -10.9. The molecule has 9 nitrogen and oxygen atoms in total. The van der Waals surface area contributed by atoms with Crippen LogP contribution in [0.3, 0.4) is 0 Å². The number of allylic oxidation sites excluding steroid dienone is 2. The minimum atomic E-state index is 0.129. The normalized spacial score (nSPS) is 13.2. The monoisotopic (exact) mass is 1590 g/mol. The summed E-state index contributed by atoms with van der Waals surface area (Å²) in [5, 5.41) is 13.2. The summed E-state index contributed by atoms with van der Waals surface area (Å²) in [6.07, 6.45) is 20.9. The number of aromatic amines is 3. The van der Waals surface area contributed by atoms with Crippen LogP contribution < -0.4 is 9.47 Å². The van der Waals surface area contributed by atoms with Gasteiger partial charge in [-0.05, 0) is 205 Å². The molecule has 0 saturated heterocycles. The average Bonchev–Trinajstić information content (AvgIpc) is 1.28. The molecule has 14 aromatic rings. The van der Waals surface area contributed by atoms with Gasteiger partial charge < -0.3 is 19.4 Å². The van der Waals surface area contributed by atoms with E-state index in [-0.39, 0.29) is 48.7 Å². The molecule has 2 aliphatic carbocycles. The van der Waals surface area contributed by atoms with E-state index in [1.807, 2.05) is 55.3 Å². The third-order valence-corrected chi connectivity index (χ3v) is 21.9. The number of pyridine rings is 2. The summed E-state index contributed by atoms with van der Waals surface area (Å²) >= 11 is 0. The molecule has 18 rings (SSSR count). The number of fused-ring (bicyclic) bond motifs is 9. The summed E-state index contributed by atoms with van der Waals surface area (Å²) in [6, 6.07) is 72.9. The number of hydrogen-bond donors (Lipinski definition) is 3. The number of aliphatic imine (C=N–C) groups is 1. The maximum absolute atomic E-state index is 5.31. The van der Waals surface area contributed by atoms with E-state index in [2.05, 4.69) is 428 Å². The lowest BCUT2D eigenvalue weighted by atomic mass is 9.83. The van der Waals surface area contributed by atoms with E-state index < -0.39 is 0 Å². The predicted molar refractivity (Wildman–Crippen MR) is 513 cm³/mol. The first-order chi connectivity index (χ1) is 55.7. The first-order valence-electron chi connectivity index (χ1n) is 42.6. The molecule has 0 atom stereocenters. The Labute approximate surface area is 713 Å². The van der Waals surface area contributed by atoms with Crippen molar-refractivity contribution in [2.45, 2.75) is 255 Å². The third-order valence-electron chi connectivity index (χ3n) is 21.9. The topological polar surface area (TPSA) is 117 Å². The van der Waals surface area contributed by atoms with Crippen LogP contribution in [0.15, 0.2) is 248 Å². The molecule has 0 amide bonds. The highest BCUT2D eigenvalue weighted by Crippen LogP contribution is 2.38. The van der Waals surface area contributed by atoms with Gasteiger partial charge in [0.15, 0.2) is 11.5 Å². The van der Waals surface area contributed by atoms with E-state index >= 15 is 0 Å². The number of ether oxygens (including phenoxy) is 2. The molecule has 0 unspecified atom stereocenters. The SMILES string of the molecule is CC(C)(C)c1ccc2c(c1)C=CC2.CC(C)(C)c1ccc2c(c1)C=NC2.CC(C)(C)c1ccc2c(c1)OCO2.CC(C)(C)c1ccc2cc[nH]c2c1.CC(C)(C)c1ccc2ccccc2n1.CC(C)(C)c1ccc2cn[nH]c2c1.CC(C)(C)c1cccc2c1C=CC2.CC(C)(C)c1cccc2cc[nH]c12.CC(C)(C)c1cccc2cccnc12. The van der Waals surface area contributed by atoms with Gasteiger partial charge in [-0.3, -0.25) is 20.1 Å². The second-order valence-corrected chi connectivity index (χ2v) is 41.2. The molecule has 119 heavy (non-hydrogen) atoms. The van der Waals surface area contributed by atoms with Gasteiger partial charge in [0, 0.05) is 63.1 Å². The lowest BCUT2D eigenvalue weighted by molar-refractivity contribution is 0.174. The molecule has 0 fully saturated rings. The van der Waals surface area contributed by atoms with Crippen LogP contribution in [-0.2, 0) is 68.1 Å². The molecule has 2 aliphatic heterocycles. The van der Waals surface area contributed by atoms with Crippen LogP contribution in [0.5, 0.6) is 11.5 Å². The number of benzene rings is 9. The van der Waals surface area contributed by atoms with Crippen LogP contribution in [0, 0.1) is 0 Å². The van der Waals surface area contributed by atoms with Crippen molar-refractivity contribution in [1.29, 1.82) is 0 Å². The van der Waals surface area contributed by atoms with E-state index in [4.69, 9.17) is 9.47 Å². The number of aromatic nitrogens is 6. The maximum Gasteiger partial charge on any atom is 0.231 e. The number of H-pyrrole nitrogens is 3. The van der Waals surface area contributed by atoms with E-state index in [1.165, 1.54) is 116 Å². The molecule has 9 heteroatoms. The summed E-state index contributed by atoms with van der Waals surface area (Å²) in [5.74, 6) is 1.72. The number of nitrogens with one attached hydrogen (secondary N) is 3. The van der Waals surface area contributed by atoms with E-state index in [1.54, 1.807) is 0 Å². The van der Waals surface area contributed by atoms with Crippen molar-refractivity contribution in [2.24, 2.45) is 4.99 Å². The van der Waals surface area contributed by atoms with Crippen LogP contribution in [0.1, 0.15) is 271 Å². The standard InChI is InChI=1S/2C13H15N.2C13H16.3C12H15N.C11H14N2.C11H14O2/c1-13(2,3)11-8-4-6-10-7-5-9-14-12(10)11;1-13(2,3)12-9-8-10-6-4-5-7-11(10)14-12;1-13(2,3)12-9-5-7-10-6-4-8-11(10)12;1-13(2,3)12-8-7-10-5-4-6-11(10)9-12;1-12(2,3)11-5-4-9-7-13-8-10(9)6-11;1-12(2,3)10-5-4-9-6-7-13-11(9)8-10;1-12(2,3)10-6-4-5-9-7-8-13-11(9)10;1-11(2,3)9-5-4-8-7-12-13-10(8)6-9;1-11(2,3)8-4-5-9-10(6-8)13-7-12-9/h2*4-9H,1-3H3;4-5,7-9H,6H2,1-3H3;4,6-9H,5H2,1-3H3;4-6,8H,7H2,1-3H3;2*4-8,13H,1-3H3;4-7H,1-3H3,(H,12,13);4-6H,7H2,1-3H3. The Balaban J connectivity index is 0.000000141. The largest absolute Gasteiger partial charge is 0.454 e. The van der Waals surface area contributed by atoms with Crippen LogP contribution in [0.25, 0.3) is 66.7 Å². The lowest BCUT2D eigenvalue weighted by Crippen LogP contribution is -2.13. The maximum atomic E-state index is 5.31. The van der Waals surface area contributed by atoms with Crippen LogP contribution in [0.2, 0.25) is 0 Å². The summed E-state index contributed by atoms with van der Waals surface area (Å²) in [7, 11) is 0. The molecule has 4 aliphatic rings. The highest BCUT2D eigenvalue weighted by molar-refractivity contribution is 5.86. The Kier molecular flexibility index (Phi) is 28.2. The summed E-state index contributed by atoms with van der Waals surface area (Å²) in [6.45, 7) is 61.3. The Morgan fingerprint density at radius 2 is 0.849 bits per heavy atom. The van der Waals surface area contributed by atoms with Gasteiger partial charge in [-0.25, -0.2) is 0 Å². The fourth-order valence-electron chi connectivity index (χ4n) is 14.4. The molecule has 3 N–H and O–H groups in total. The van der Waals surface area contributed by atoms with Crippen molar-refractivity contribution < 1.29 is 9.47 Å². The van der Waals surface area contributed by atoms with E-state index in [9.17, 15) is 0 Å². The van der Waals surface area contributed by atoms with Crippen molar-refractivity contribution in [3.05, 3.63) is 327 Å². The van der Waals surface area contributed by atoms with Gasteiger partial charge in [0.05, 0.1) is 29.3 Å². The molecular weight excluding hydrogens is 1450 g/mol. The summed E-state index contributed by atoms with van der Waals surface area (Å²) in [5.41, 5.74) is 28.3. The minimum Gasteiger partial charge on any atom is -0.454 e. The highest BCUT2D eigenvalue weighted by atomic mass is 16.7. The second-order valence-electron chi connectivity index (χ2n) is 41.2. The van der Waals surface area contributed by atoms with Gasteiger partial charge in [-0.2, -0.15) is 5.10 Å².